The second-order valence-electron chi connectivity index (χ2n) is 7.97. The van der Waals surface area contributed by atoms with Crippen molar-refractivity contribution in [2.75, 3.05) is 7.05 Å². The molecule has 2 fully saturated rings. The zero-order valence-corrected chi connectivity index (χ0v) is 16.7. The number of carbonyl (C=O) groups is 2. The summed E-state index contributed by atoms with van der Waals surface area (Å²) in [5.74, 6) is -2.66. The topological polar surface area (TPSA) is 37.4 Å². The van der Waals surface area contributed by atoms with Crippen LogP contribution in [0.3, 0.4) is 0 Å². The largest absolute Gasteiger partial charge is 0.391 e. The van der Waals surface area contributed by atoms with E-state index in [0.29, 0.717) is 36.3 Å². The van der Waals surface area contributed by atoms with Crippen molar-refractivity contribution in [1.82, 2.24) is 4.90 Å². The zero-order chi connectivity index (χ0) is 20.5. The third-order valence-corrected chi connectivity index (χ3v) is 6.69. The molecule has 1 aromatic rings. The van der Waals surface area contributed by atoms with Crippen LogP contribution in [0.4, 0.5) is 13.2 Å². The Morgan fingerprint density at radius 1 is 1.18 bits per heavy atom. The number of rotatable bonds is 3. The van der Waals surface area contributed by atoms with E-state index in [-0.39, 0.29) is 24.5 Å². The fourth-order valence-corrected chi connectivity index (χ4v) is 5.09. The fraction of sp³-hybridized carbons (Fsp3) is 0.619. The molecule has 154 valence electrons. The summed E-state index contributed by atoms with van der Waals surface area (Å²) in [5.41, 5.74) is -0.626. The average molecular weight is 416 g/mol. The minimum absolute atomic E-state index is 0.0611. The Morgan fingerprint density at radius 2 is 1.89 bits per heavy atom. The highest BCUT2D eigenvalue weighted by Gasteiger charge is 2.50. The highest BCUT2D eigenvalue weighted by atomic mass is 35.5. The van der Waals surface area contributed by atoms with Gasteiger partial charge in [-0.15, -0.1) is 0 Å². The van der Waals surface area contributed by atoms with Crippen LogP contribution >= 0.6 is 11.6 Å². The highest BCUT2D eigenvalue weighted by molar-refractivity contribution is 6.31. The molecular formula is C21H25ClF3NO2. The van der Waals surface area contributed by atoms with Crippen molar-refractivity contribution in [3.8, 4) is 0 Å². The number of benzene rings is 1. The molecule has 3 atom stereocenters. The molecule has 0 bridgehead atoms. The van der Waals surface area contributed by atoms with Crippen LogP contribution in [-0.2, 0) is 15.1 Å². The lowest BCUT2D eigenvalue weighted by molar-refractivity contribution is -0.188. The number of amides is 1. The summed E-state index contributed by atoms with van der Waals surface area (Å²) < 4.78 is 39.6. The number of carbonyl (C=O) groups excluding carboxylic acids is 2. The molecule has 1 amide bonds. The van der Waals surface area contributed by atoms with E-state index in [1.165, 1.54) is 4.90 Å². The van der Waals surface area contributed by atoms with Crippen molar-refractivity contribution >= 4 is 23.3 Å². The molecule has 28 heavy (non-hydrogen) atoms. The summed E-state index contributed by atoms with van der Waals surface area (Å²) >= 11 is 6.39. The molecule has 3 nitrogen and oxygen atoms in total. The molecule has 0 spiro atoms. The van der Waals surface area contributed by atoms with Crippen LogP contribution in [0.2, 0.25) is 5.02 Å². The molecule has 2 aliphatic rings. The Hall–Kier alpha value is -1.56. The van der Waals surface area contributed by atoms with Gasteiger partial charge in [0.25, 0.3) is 0 Å². The van der Waals surface area contributed by atoms with E-state index in [0.717, 1.165) is 12.8 Å². The average Bonchev–Trinajstić information content (AvgIpc) is 2.67. The normalized spacial score (nSPS) is 28.8. The molecule has 1 aromatic carbocycles. The maximum atomic E-state index is 13.3. The number of alkyl halides is 3. The van der Waals surface area contributed by atoms with E-state index in [2.05, 4.69) is 0 Å². The Balaban J connectivity index is 1.94. The lowest BCUT2D eigenvalue weighted by Gasteiger charge is -2.45. The maximum Gasteiger partial charge on any atom is 0.391 e. The monoisotopic (exact) mass is 415 g/mol. The van der Waals surface area contributed by atoms with Crippen LogP contribution in [0, 0.1) is 11.8 Å². The number of hydrogen-bond donors (Lipinski definition) is 0. The van der Waals surface area contributed by atoms with Crippen LogP contribution in [0.1, 0.15) is 56.9 Å². The molecule has 0 radical (unpaired) electrons. The number of likely N-dealkylation sites (N-methyl/N-ethyl adjacent to an activating group) is 1. The molecule has 2 aliphatic carbocycles. The van der Waals surface area contributed by atoms with E-state index >= 15 is 0 Å². The molecule has 0 saturated heterocycles. The SMILES string of the molecule is CN(C(=O)C1CCCC(C(F)(F)F)C1)C1(c2ccccc2Cl)CCCCC1=O. The van der Waals surface area contributed by atoms with Crippen LogP contribution in [0.25, 0.3) is 0 Å². The van der Waals surface area contributed by atoms with E-state index in [4.69, 9.17) is 11.6 Å². The number of ketones is 1. The highest BCUT2D eigenvalue weighted by Crippen LogP contribution is 2.45. The minimum atomic E-state index is -4.29. The van der Waals surface area contributed by atoms with Gasteiger partial charge >= 0.3 is 6.18 Å². The summed E-state index contributed by atoms with van der Waals surface area (Å²) in [7, 11) is 1.55. The first-order valence-electron chi connectivity index (χ1n) is 9.80. The number of Topliss-reactive ketones (excluding diaryl/α,β-unsaturated/α-hetero) is 1. The van der Waals surface area contributed by atoms with Crippen molar-refractivity contribution in [1.29, 1.82) is 0 Å². The number of halogens is 4. The summed E-state index contributed by atoms with van der Waals surface area (Å²) in [5, 5.41) is 0.397. The lowest BCUT2D eigenvalue weighted by atomic mass is 9.73. The van der Waals surface area contributed by atoms with Crippen molar-refractivity contribution < 1.29 is 22.8 Å². The van der Waals surface area contributed by atoms with Crippen LogP contribution in [-0.4, -0.2) is 29.8 Å². The summed E-state index contributed by atoms with van der Waals surface area (Å²) in [6, 6.07) is 6.95. The first kappa shape index (κ1) is 21.2. The second-order valence-corrected chi connectivity index (χ2v) is 8.38. The third kappa shape index (κ3) is 3.80. The van der Waals surface area contributed by atoms with Gasteiger partial charge in [-0.1, -0.05) is 36.2 Å². The quantitative estimate of drug-likeness (QED) is 0.653. The fourth-order valence-electron chi connectivity index (χ4n) is 4.80. The first-order valence-corrected chi connectivity index (χ1v) is 10.2. The second kappa shape index (κ2) is 8.05. The van der Waals surface area contributed by atoms with Gasteiger partial charge in [0.15, 0.2) is 5.78 Å². The zero-order valence-electron chi connectivity index (χ0n) is 15.9. The Labute approximate surface area is 168 Å². The first-order chi connectivity index (χ1) is 13.2. The standard InChI is InChI=1S/C21H25ClF3NO2/c1-26(19(28)14-7-6-8-15(13-14)21(23,24)25)20(12-5-4-11-18(20)27)16-9-2-3-10-17(16)22/h2-3,9-10,14-15H,4-8,11-13H2,1H3. The van der Waals surface area contributed by atoms with E-state index in [1.807, 2.05) is 0 Å². The van der Waals surface area contributed by atoms with Crippen LogP contribution in [0.15, 0.2) is 24.3 Å². The van der Waals surface area contributed by atoms with Gasteiger partial charge in [-0.05, 0) is 44.6 Å². The number of nitrogens with zero attached hydrogens (tertiary/aromatic N) is 1. The molecule has 0 heterocycles. The van der Waals surface area contributed by atoms with E-state index in [1.54, 1.807) is 31.3 Å². The van der Waals surface area contributed by atoms with Gasteiger partial charge in [-0.25, -0.2) is 0 Å². The number of hydrogen-bond acceptors (Lipinski definition) is 2. The molecule has 0 aromatic heterocycles. The molecule has 2 saturated carbocycles. The summed E-state index contributed by atoms with van der Waals surface area (Å²) in [6.45, 7) is 0. The maximum absolute atomic E-state index is 13.3. The van der Waals surface area contributed by atoms with Crippen molar-refractivity contribution in [2.24, 2.45) is 11.8 Å². The molecule has 0 aliphatic heterocycles. The molecular weight excluding hydrogens is 391 g/mol. The van der Waals surface area contributed by atoms with Crippen molar-refractivity contribution in [2.45, 2.75) is 63.1 Å². The van der Waals surface area contributed by atoms with E-state index in [9.17, 15) is 22.8 Å². The van der Waals surface area contributed by atoms with Gasteiger partial charge < -0.3 is 4.90 Å². The Morgan fingerprint density at radius 3 is 2.54 bits per heavy atom. The molecule has 7 heteroatoms. The molecule has 3 rings (SSSR count). The third-order valence-electron chi connectivity index (χ3n) is 6.36. The van der Waals surface area contributed by atoms with E-state index < -0.39 is 23.6 Å². The van der Waals surface area contributed by atoms with Crippen molar-refractivity contribution in [3.63, 3.8) is 0 Å². The summed E-state index contributed by atoms with van der Waals surface area (Å²) in [4.78, 5) is 27.8. The van der Waals surface area contributed by atoms with Crippen LogP contribution < -0.4 is 0 Å². The van der Waals surface area contributed by atoms with Gasteiger partial charge in [0.05, 0.1) is 5.92 Å². The molecule has 3 unspecified atom stereocenters. The van der Waals surface area contributed by atoms with Crippen LogP contribution in [0.5, 0.6) is 0 Å². The smallest absolute Gasteiger partial charge is 0.329 e. The lowest BCUT2D eigenvalue weighted by Crippen LogP contribution is -2.56. The predicted molar refractivity (Wildman–Crippen MR) is 101 cm³/mol. The van der Waals surface area contributed by atoms with Gasteiger partial charge in [0.2, 0.25) is 5.91 Å². The molecule has 0 N–H and O–H groups in total. The Kier molecular flexibility index (Phi) is 6.08. The predicted octanol–water partition coefficient (Wildman–Crippen LogP) is 5.51. The summed E-state index contributed by atoms with van der Waals surface area (Å²) in [6.07, 6.45) is -1.39. The minimum Gasteiger partial charge on any atom is -0.329 e. The van der Waals surface area contributed by atoms with Gasteiger partial charge in [-0.2, -0.15) is 13.2 Å². The van der Waals surface area contributed by atoms with Gasteiger partial charge in [0, 0.05) is 30.0 Å². The Bertz CT molecular complexity index is 751. The van der Waals surface area contributed by atoms with Crippen molar-refractivity contribution in [3.05, 3.63) is 34.9 Å². The van der Waals surface area contributed by atoms with Gasteiger partial charge in [-0.3, -0.25) is 9.59 Å². The van der Waals surface area contributed by atoms with Gasteiger partial charge in [0.1, 0.15) is 5.54 Å².